The van der Waals surface area contributed by atoms with Crippen molar-refractivity contribution in [1.29, 1.82) is 0 Å². The second kappa shape index (κ2) is 5.08. The fourth-order valence-electron chi connectivity index (χ4n) is 2.03. The van der Waals surface area contributed by atoms with Crippen molar-refractivity contribution < 1.29 is 8.78 Å². The van der Waals surface area contributed by atoms with Crippen LogP contribution in [0.5, 0.6) is 0 Å². The molecule has 0 unspecified atom stereocenters. The van der Waals surface area contributed by atoms with Gasteiger partial charge in [-0.1, -0.05) is 12.1 Å². The number of para-hydroxylation sites is 1. The van der Waals surface area contributed by atoms with E-state index >= 15 is 0 Å². The third kappa shape index (κ3) is 2.54. The molecular formula is C14H13F2N5. The van der Waals surface area contributed by atoms with Gasteiger partial charge in [0.05, 0.1) is 5.52 Å². The van der Waals surface area contributed by atoms with Crippen molar-refractivity contribution >= 4 is 22.5 Å². The molecule has 1 N–H and O–H groups in total. The number of hydrogen-bond donors (Lipinski definition) is 1. The molecule has 0 radical (unpaired) electrons. The Kier molecular flexibility index (Phi) is 3.25. The number of hydrogen-bond acceptors (Lipinski definition) is 4. The standard InChI is InChI=1S/C14H13F2N5/c1-8-7-11(20-21(8)2)18-13-9-5-3-4-6-10(9)17-14(19-13)12(15)16/h3-7,12H,1-2H3,(H,17,18,19,20). The van der Waals surface area contributed by atoms with E-state index in [4.69, 9.17) is 0 Å². The fraction of sp³-hybridized carbons (Fsp3) is 0.214. The maximum Gasteiger partial charge on any atom is 0.297 e. The molecule has 0 atom stereocenters. The molecule has 0 aliphatic heterocycles. The van der Waals surface area contributed by atoms with Crippen LogP contribution in [-0.4, -0.2) is 19.7 Å². The Bertz CT molecular complexity index is 778. The van der Waals surface area contributed by atoms with Crippen LogP contribution in [0.1, 0.15) is 17.9 Å². The van der Waals surface area contributed by atoms with Gasteiger partial charge >= 0.3 is 0 Å². The highest BCUT2D eigenvalue weighted by Crippen LogP contribution is 2.26. The van der Waals surface area contributed by atoms with Crippen molar-refractivity contribution in [2.24, 2.45) is 7.05 Å². The summed E-state index contributed by atoms with van der Waals surface area (Å²) in [5.74, 6) is 0.386. The maximum atomic E-state index is 12.9. The minimum Gasteiger partial charge on any atom is -0.323 e. The van der Waals surface area contributed by atoms with Gasteiger partial charge in [0, 0.05) is 24.2 Å². The van der Waals surface area contributed by atoms with Crippen LogP contribution in [0.2, 0.25) is 0 Å². The summed E-state index contributed by atoms with van der Waals surface area (Å²) in [6, 6.07) is 8.83. The van der Waals surface area contributed by atoms with E-state index in [0.29, 0.717) is 22.5 Å². The first kappa shape index (κ1) is 13.4. The molecule has 21 heavy (non-hydrogen) atoms. The quantitative estimate of drug-likeness (QED) is 0.803. The summed E-state index contributed by atoms with van der Waals surface area (Å²) < 4.78 is 27.5. The van der Waals surface area contributed by atoms with Gasteiger partial charge in [-0.15, -0.1) is 0 Å². The van der Waals surface area contributed by atoms with Gasteiger partial charge < -0.3 is 5.32 Å². The largest absolute Gasteiger partial charge is 0.323 e. The molecular weight excluding hydrogens is 276 g/mol. The minimum absolute atomic E-state index is 0.328. The third-order valence-electron chi connectivity index (χ3n) is 3.18. The molecule has 0 saturated heterocycles. The van der Waals surface area contributed by atoms with Crippen LogP contribution in [0.3, 0.4) is 0 Å². The first-order chi connectivity index (χ1) is 10.0. The van der Waals surface area contributed by atoms with Crippen LogP contribution in [0.25, 0.3) is 10.9 Å². The second-order valence-electron chi connectivity index (χ2n) is 4.67. The van der Waals surface area contributed by atoms with E-state index in [1.165, 1.54) is 0 Å². The van der Waals surface area contributed by atoms with Gasteiger partial charge in [-0.05, 0) is 19.1 Å². The predicted molar refractivity (Wildman–Crippen MR) is 75.7 cm³/mol. The Morgan fingerprint density at radius 2 is 1.95 bits per heavy atom. The van der Waals surface area contributed by atoms with Gasteiger partial charge in [-0.25, -0.2) is 18.7 Å². The topological polar surface area (TPSA) is 55.6 Å². The van der Waals surface area contributed by atoms with Gasteiger partial charge in [-0.2, -0.15) is 5.10 Å². The van der Waals surface area contributed by atoms with Crippen molar-refractivity contribution in [3.05, 3.63) is 41.9 Å². The first-order valence-electron chi connectivity index (χ1n) is 6.37. The first-order valence-corrected chi connectivity index (χ1v) is 6.37. The molecule has 5 nitrogen and oxygen atoms in total. The zero-order chi connectivity index (χ0) is 15.0. The number of aromatic nitrogens is 4. The monoisotopic (exact) mass is 289 g/mol. The minimum atomic E-state index is -2.72. The molecule has 3 aromatic rings. The van der Waals surface area contributed by atoms with E-state index in [-0.39, 0.29) is 0 Å². The van der Waals surface area contributed by atoms with Crippen LogP contribution in [0.15, 0.2) is 30.3 Å². The van der Waals surface area contributed by atoms with Crippen molar-refractivity contribution in [3.63, 3.8) is 0 Å². The maximum absolute atomic E-state index is 12.9. The summed E-state index contributed by atoms with van der Waals surface area (Å²) in [6.45, 7) is 1.90. The second-order valence-corrected chi connectivity index (χ2v) is 4.67. The fourth-order valence-corrected chi connectivity index (χ4v) is 2.03. The van der Waals surface area contributed by atoms with Crippen LogP contribution in [0.4, 0.5) is 20.4 Å². The van der Waals surface area contributed by atoms with Gasteiger partial charge in [0.2, 0.25) is 0 Å². The molecule has 0 aliphatic carbocycles. The smallest absolute Gasteiger partial charge is 0.297 e. The lowest BCUT2D eigenvalue weighted by molar-refractivity contribution is 0.141. The van der Waals surface area contributed by atoms with E-state index in [2.05, 4.69) is 20.4 Å². The normalized spacial score (nSPS) is 11.3. The van der Waals surface area contributed by atoms with E-state index in [1.807, 2.05) is 26.1 Å². The van der Waals surface area contributed by atoms with Crippen molar-refractivity contribution in [1.82, 2.24) is 19.7 Å². The average molecular weight is 289 g/mol. The predicted octanol–water partition coefficient (Wildman–Crippen LogP) is 3.35. The molecule has 0 amide bonds. The Balaban J connectivity index is 2.11. The molecule has 1 aromatic carbocycles. The summed E-state index contributed by atoms with van der Waals surface area (Å²) in [4.78, 5) is 7.79. The molecule has 0 bridgehead atoms. The Morgan fingerprint density at radius 1 is 1.19 bits per heavy atom. The Hall–Kier alpha value is -2.57. The molecule has 2 aromatic heterocycles. The van der Waals surface area contributed by atoms with Crippen LogP contribution < -0.4 is 5.32 Å². The number of halogens is 2. The van der Waals surface area contributed by atoms with E-state index in [1.54, 1.807) is 22.9 Å². The van der Waals surface area contributed by atoms with Crippen LogP contribution >= 0.6 is 0 Å². The number of alkyl halides is 2. The zero-order valence-corrected chi connectivity index (χ0v) is 11.5. The molecule has 3 rings (SSSR count). The summed E-state index contributed by atoms with van der Waals surface area (Å²) >= 11 is 0. The molecule has 0 saturated carbocycles. The van der Waals surface area contributed by atoms with Crippen molar-refractivity contribution in [2.75, 3.05) is 5.32 Å². The SMILES string of the molecule is Cc1cc(Nc2nc(C(F)F)nc3ccccc23)nn1C. The van der Waals surface area contributed by atoms with E-state index in [9.17, 15) is 8.78 Å². The number of aryl methyl sites for hydroxylation is 2. The zero-order valence-electron chi connectivity index (χ0n) is 11.5. The molecule has 0 fully saturated rings. The van der Waals surface area contributed by atoms with Gasteiger partial charge in [-0.3, -0.25) is 4.68 Å². The molecule has 0 spiro atoms. The van der Waals surface area contributed by atoms with Crippen LogP contribution in [-0.2, 0) is 7.05 Å². The Labute approximate surface area is 119 Å². The summed E-state index contributed by atoms with van der Waals surface area (Å²) in [6.07, 6.45) is -2.72. The number of fused-ring (bicyclic) bond motifs is 1. The van der Waals surface area contributed by atoms with Gasteiger partial charge in [0.25, 0.3) is 6.43 Å². The highest BCUT2D eigenvalue weighted by molar-refractivity contribution is 5.90. The number of anilines is 2. The summed E-state index contributed by atoms with van der Waals surface area (Å²) in [7, 11) is 1.81. The van der Waals surface area contributed by atoms with E-state index < -0.39 is 12.2 Å². The van der Waals surface area contributed by atoms with Crippen LogP contribution in [0, 0.1) is 6.92 Å². The summed E-state index contributed by atoms with van der Waals surface area (Å²) in [5, 5.41) is 7.90. The highest BCUT2D eigenvalue weighted by atomic mass is 19.3. The number of nitrogens with one attached hydrogen (secondary N) is 1. The van der Waals surface area contributed by atoms with Crippen molar-refractivity contribution in [3.8, 4) is 0 Å². The van der Waals surface area contributed by atoms with Gasteiger partial charge in [0.1, 0.15) is 5.82 Å². The lowest BCUT2D eigenvalue weighted by Gasteiger charge is -2.08. The molecule has 7 heteroatoms. The number of benzene rings is 1. The Morgan fingerprint density at radius 3 is 2.62 bits per heavy atom. The third-order valence-corrected chi connectivity index (χ3v) is 3.18. The molecule has 108 valence electrons. The lowest BCUT2D eigenvalue weighted by Crippen LogP contribution is -2.03. The average Bonchev–Trinajstić information content (AvgIpc) is 2.77. The lowest BCUT2D eigenvalue weighted by atomic mass is 10.2. The number of nitrogens with zero attached hydrogens (tertiary/aromatic N) is 4. The summed E-state index contributed by atoms with van der Waals surface area (Å²) in [5.41, 5.74) is 1.42. The molecule has 2 heterocycles. The van der Waals surface area contributed by atoms with Crippen molar-refractivity contribution in [2.45, 2.75) is 13.3 Å². The highest BCUT2D eigenvalue weighted by Gasteiger charge is 2.15. The van der Waals surface area contributed by atoms with E-state index in [0.717, 1.165) is 5.69 Å². The van der Waals surface area contributed by atoms with Gasteiger partial charge in [0.15, 0.2) is 11.6 Å². The number of rotatable bonds is 3. The molecule has 0 aliphatic rings.